The zero-order chi connectivity index (χ0) is 15.2. The number of pyridine rings is 1. The molecular weight excluding hydrogens is 276 g/mol. The average molecular weight is 300 g/mol. The number of hydrogen-bond acceptors (Lipinski definition) is 4. The van der Waals surface area contributed by atoms with Crippen molar-refractivity contribution < 1.29 is 13.2 Å². The van der Waals surface area contributed by atoms with E-state index in [0.717, 1.165) is 12.0 Å². The largest absolute Gasteiger partial charge is 0.475 e. The van der Waals surface area contributed by atoms with Gasteiger partial charge < -0.3 is 4.74 Å². The third-order valence-corrected chi connectivity index (χ3v) is 4.15. The van der Waals surface area contributed by atoms with Gasteiger partial charge in [-0.05, 0) is 37.8 Å². The Balaban J connectivity index is 2.62. The summed E-state index contributed by atoms with van der Waals surface area (Å²) < 4.78 is 31.1. The van der Waals surface area contributed by atoms with E-state index in [0.29, 0.717) is 11.8 Å². The monoisotopic (exact) mass is 300 g/mol. The molecule has 1 heterocycles. The number of nitrogens with one attached hydrogen (secondary N) is 1. The van der Waals surface area contributed by atoms with Crippen LogP contribution in [0.2, 0.25) is 0 Å². The Hall–Kier alpha value is -1.14. The van der Waals surface area contributed by atoms with E-state index < -0.39 is 10.0 Å². The molecule has 0 aliphatic carbocycles. The summed E-state index contributed by atoms with van der Waals surface area (Å²) >= 11 is 0. The van der Waals surface area contributed by atoms with Gasteiger partial charge in [0.1, 0.15) is 0 Å². The van der Waals surface area contributed by atoms with Crippen molar-refractivity contribution in [2.75, 3.05) is 5.75 Å². The third-order valence-electron chi connectivity index (χ3n) is 2.80. The summed E-state index contributed by atoms with van der Waals surface area (Å²) in [5.41, 5.74) is 0.837. The summed E-state index contributed by atoms with van der Waals surface area (Å²) in [7, 11) is -3.18. The van der Waals surface area contributed by atoms with Crippen LogP contribution in [0.5, 0.6) is 5.88 Å². The molecule has 0 radical (unpaired) electrons. The molecule has 0 spiro atoms. The van der Waals surface area contributed by atoms with Crippen LogP contribution in [0.1, 0.15) is 39.7 Å². The van der Waals surface area contributed by atoms with Gasteiger partial charge in [-0.15, -0.1) is 0 Å². The molecule has 1 aromatic heterocycles. The SMILES string of the molecule is CCS(=O)(=O)NCc1ccnc(OC(C)CC(C)C)c1. The normalized spacial score (nSPS) is 13.4. The van der Waals surface area contributed by atoms with Gasteiger partial charge in [-0.1, -0.05) is 13.8 Å². The molecule has 1 N–H and O–H groups in total. The number of rotatable bonds is 8. The second kappa shape index (κ2) is 7.59. The average Bonchev–Trinajstić information content (AvgIpc) is 2.36. The molecule has 20 heavy (non-hydrogen) atoms. The molecule has 0 amide bonds. The van der Waals surface area contributed by atoms with Gasteiger partial charge in [0.25, 0.3) is 0 Å². The summed E-state index contributed by atoms with van der Waals surface area (Å²) in [5.74, 6) is 1.17. The second-order valence-electron chi connectivity index (χ2n) is 5.28. The molecule has 1 aromatic rings. The number of aromatic nitrogens is 1. The van der Waals surface area contributed by atoms with E-state index in [1.807, 2.05) is 6.92 Å². The molecule has 5 nitrogen and oxygen atoms in total. The number of hydrogen-bond donors (Lipinski definition) is 1. The Morgan fingerprint density at radius 1 is 1.35 bits per heavy atom. The summed E-state index contributed by atoms with van der Waals surface area (Å²) in [6.45, 7) is 8.16. The smallest absolute Gasteiger partial charge is 0.213 e. The van der Waals surface area contributed by atoms with Crippen molar-refractivity contribution in [1.82, 2.24) is 9.71 Å². The lowest BCUT2D eigenvalue weighted by molar-refractivity contribution is 0.185. The van der Waals surface area contributed by atoms with E-state index in [-0.39, 0.29) is 18.4 Å². The summed E-state index contributed by atoms with van der Waals surface area (Å²) in [5, 5.41) is 0. The van der Waals surface area contributed by atoms with Gasteiger partial charge in [0.05, 0.1) is 11.9 Å². The van der Waals surface area contributed by atoms with Crippen LogP contribution >= 0.6 is 0 Å². The Morgan fingerprint density at radius 2 is 2.05 bits per heavy atom. The van der Waals surface area contributed by atoms with Gasteiger partial charge in [0, 0.05) is 18.8 Å². The fraction of sp³-hybridized carbons (Fsp3) is 0.643. The molecular formula is C14H24N2O3S. The van der Waals surface area contributed by atoms with Crippen molar-refractivity contribution in [1.29, 1.82) is 0 Å². The van der Waals surface area contributed by atoms with Crippen molar-refractivity contribution in [3.05, 3.63) is 23.9 Å². The first-order valence-corrected chi connectivity index (χ1v) is 8.56. The van der Waals surface area contributed by atoms with Crippen LogP contribution in [-0.2, 0) is 16.6 Å². The molecule has 0 fully saturated rings. The predicted octanol–water partition coefficient (Wildman–Crippen LogP) is 2.33. The maximum atomic E-state index is 11.4. The molecule has 6 heteroatoms. The maximum absolute atomic E-state index is 11.4. The van der Waals surface area contributed by atoms with E-state index in [2.05, 4.69) is 23.6 Å². The topological polar surface area (TPSA) is 68.3 Å². The van der Waals surface area contributed by atoms with E-state index >= 15 is 0 Å². The molecule has 1 rings (SSSR count). The summed E-state index contributed by atoms with van der Waals surface area (Å²) in [4.78, 5) is 4.15. The van der Waals surface area contributed by atoms with Crippen molar-refractivity contribution in [2.24, 2.45) is 5.92 Å². The first-order valence-electron chi connectivity index (χ1n) is 6.91. The minimum atomic E-state index is -3.18. The molecule has 1 atom stereocenters. The van der Waals surface area contributed by atoms with E-state index in [4.69, 9.17) is 4.74 Å². The molecule has 0 saturated heterocycles. The summed E-state index contributed by atoms with van der Waals surface area (Å²) in [6.07, 6.45) is 2.67. The van der Waals surface area contributed by atoms with Gasteiger partial charge in [0.2, 0.25) is 15.9 Å². The highest BCUT2D eigenvalue weighted by atomic mass is 32.2. The van der Waals surface area contributed by atoms with Gasteiger partial charge in [-0.25, -0.2) is 18.1 Å². The van der Waals surface area contributed by atoms with Crippen LogP contribution in [0.4, 0.5) is 0 Å². The van der Waals surface area contributed by atoms with Crippen molar-refractivity contribution in [3.63, 3.8) is 0 Å². The number of ether oxygens (including phenoxy) is 1. The zero-order valence-corrected chi connectivity index (χ0v) is 13.4. The number of nitrogens with zero attached hydrogens (tertiary/aromatic N) is 1. The zero-order valence-electron chi connectivity index (χ0n) is 12.6. The van der Waals surface area contributed by atoms with Crippen LogP contribution in [0, 0.1) is 5.92 Å². The fourth-order valence-corrected chi connectivity index (χ4v) is 2.43. The first-order chi connectivity index (χ1) is 9.32. The molecule has 114 valence electrons. The minimum absolute atomic E-state index is 0.0763. The molecule has 1 unspecified atom stereocenters. The van der Waals surface area contributed by atoms with Crippen molar-refractivity contribution >= 4 is 10.0 Å². The molecule has 0 aliphatic rings. The van der Waals surface area contributed by atoms with Crippen molar-refractivity contribution in [3.8, 4) is 5.88 Å². The quantitative estimate of drug-likeness (QED) is 0.800. The van der Waals surface area contributed by atoms with Crippen LogP contribution in [-0.4, -0.2) is 25.3 Å². The minimum Gasteiger partial charge on any atom is -0.475 e. The van der Waals surface area contributed by atoms with Crippen LogP contribution in [0.3, 0.4) is 0 Å². The lowest BCUT2D eigenvalue weighted by Gasteiger charge is -2.16. The second-order valence-corrected chi connectivity index (χ2v) is 7.38. The van der Waals surface area contributed by atoms with Crippen LogP contribution in [0.25, 0.3) is 0 Å². The standard InChI is InChI=1S/C14H24N2O3S/c1-5-20(17,18)16-10-13-6-7-15-14(9-13)19-12(4)8-11(2)3/h6-7,9,11-12,16H,5,8,10H2,1-4H3. The van der Waals surface area contributed by atoms with E-state index in [1.54, 1.807) is 25.3 Å². The molecule has 0 aliphatic heterocycles. The Bertz CT molecular complexity index is 515. The molecule has 0 saturated carbocycles. The van der Waals surface area contributed by atoms with Gasteiger partial charge in [-0.2, -0.15) is 0 Å². The van der Waals surface area contributed by atoms with Gasteiger partial charge in [-0.3, -0.25) is 0 Å². The third kappa shape index (κ3) is 6.34. The molecule has 0 bridgehead atoms. The summed E-state index contributed by atoms with van der Waals surface area (Å²) in [6, 6.07) is 3.55. The lowest BCUT2D eigenvalue weighted by Crippen LogP contribution is -2.24. The fourth-order valence-electron chi connectivity index (χ4n) is 1.84. The van der Waals surface area contributed by atoms with Gasteiger partial charge >= 0.3 is 0 Å². The Labute approximate surface area is 121 Å². The lowest BCUT2D eigenvalue weighted by atomic mass is 10.1. The van der Waals surface area contributed by atoms with E-state index in [1.165, 1.54) is 0 Å². The van der Waals surface area contributed by atoms with Crippen LogP contribution in [0.15, 0.2) is 18.3 Å². The van der Waals surface area contributed by atoms with E-state index in [9.17, 15) is 8.42 Å². The first kappa shape index (κ1) is 16.9. The van der Waals surface area contributed by atoms with Crippen LogP contribution < -0.4 is 9.46 Å². The molecule has 0 aromatic carbocycles. The Kier molecular flexibility index (Phi) is 6.42. The highest BCUT2D eigenvalue weighted by Crippen LogP contribution is 2.15. The van der Waals surface area contributed by atoms with Gasteiger partial charge in [0.15, 0.2) is 0 Å². The highest BCUT2D eigenvalue weighted by Gasteiger charge is 2.09. The Morgan fingerprint density at radius 3 is 2.65 bits per heavy atom. The highest BCUT2D eigenvalue weighted by molar-refractivity contribution is 7.89. The number of sulfonamides is 1. The predicted molar refractivity (Wildman–Crippen MR) is 80.1 cm³/mol. The van der Waals surface area contributed by atoms with Crippen molar-refractivity contribution in [2.45, 2.75) is 46.8 Å². The maximum Gasteiger partial charge on any atom is 0.213 e.